The van der Waals surface area contributed by atoms with Crippen LogP contribution in [0, 0.1) is 5.92 Å². The monoisotopic (exact) mass is 252 g/mol. The molecule has 1 aliphatic heterocycles. The van der Waals surface area contributed by atoms with Crippen LogP contribution in [0.2, 0.25) is 0 Å². The van der Waals surface area contributed by atoms with Crippen LogP contribution in [0.5, 0.6) is 0 Å². The van der Waals surface area contributed by atoms with Crippen molar-refractivity contribution in [1.29, 1.82) is 0 Å². The second kappa shape index (κ2) is 5.14. The fourth-order valence-electron chi connectivity index (χ4n) is 3.23. The Morgan fingerprint density at radius 2 is 1.94 bits per heavy atom. The molecule has 0 bridgehead atoms. The van der Waals surface area contributed by atoms with E-state index in [1.54, 1.807) is 6.08 Å². The molecule has 1 saturated carbocycles. The molecule has 0 amide bonds. The van der Waals surface area contributed by atoms with E-state index in [2.05, 4.69) is 6.08 Å². The number of halogens is 1. The summed E-state index contributed by atoms with van der Waals surface area (Å²) in [6.07, 6.45) is 10.9. The summed E-state index contributed by atoms with van der Waals surface area (Å²) in [4.78, 5) is 0. The molecular weight excluding hydrogens is 231 g/mol. The lowest BCUT2D eigenvalue weighted by molar-refractivity contribution is -0.182. The van der Waals surface area contributed by atoms with Gasteiger partial charge in [0.2, 0.25) is 0 Å². The third-order valence-electron chi connectivity index (χ3n) is 4.33. The Bertz CT molecular complexity index is 346. The van der Waals surface area contributed by atoms with Crippen molar-refractivity contribution in [2.24, 2.45) is 5.92 Å². The lowest BCUT2D eigenvalue weighted by Crippen LogP contribution is -2.35. The Hall–Kier alpha value is -0.670. The molecule has 1 unspecified atom stereocenters. The van der Waals surface area contributed by atoms with Crippen LogP contribution in [0.25, 0.3) is 0 Å². The Kier molecular flexibility index (Phi) is 3.53. The average Bonchev–Trinajstić information content (AvgIpc) is 2.84. The minimum Gasteiger partial charge on any atom is -0.348 e. The van der Waals surface area contributed by atoms with Gasteiger partial charge in [-0.2, -0.15) is 0 Å². The van der Waals surface area contributed by atoms with Gasteiger partial charge in [0.15, 0.2) is 5.79 Å². The van der Waals surface area contributed by atoms with Gasteiger partial charge >= 0.3 is 0 Å². The molecule has 2 nitrogen and oxygen atoms in total. The van der Waals surface area contributed by atoms with Crippen molar-refractivity contribution in [2.75, 3.05) is 13.2 Å². The number of hydrogen-bond donors (Lipinski definition) is 0. The topological polar surface area (TPSA) is 18.5 Å². The van der Waals surface area contributed by atoms with E-state index in [4.69, 9.17) is 9.47 Å². The van der Waals surface area contributed by atoms with Gasteiger partial charge in [-0.25, -0.2) is 4.39 Å². The molecule has 2 aliphatic carbocycles. The van der Waals surface area contributed by atoms with Gasteiger partial charge in [0.1, 0.15) is 6.17 Å². The predicted octanol–water partition coefficient (Wildman–Crippen LogP) is 3.53. The van der Waals surface area contributed by atoms with E-state index in [0.717, 1.165) is 45.3 Å². The summed E-state index contributed by atoms with van der Waals surface area (Å²) in [5.74, 6) is 0.451. The van der Waals surface area contributed by atoms with Crippen LogP contribution in [-0.2, 0) is 9.47 Å². The Balaban J connectivity index is 1.50. The van der Waals surface area contributed by atoms with E-state index in [1.807, 2.05) is 6.08 Å². The molecule has 1 heterocycles. The molecule has 100 valence electrons. The van der Waals surface area contributed by atoms with E-state index < -0.39 is 6.17 Å². The van der Waals surface area contributed by atoms with Crippen LogP contribution in [0.4, 0.5) is 4.39 Å². The van der Waals surface area contributed by atoms with Gasteiger partial charge in [0.05, 0.1) is 13.2 Å². The van der Waals surface area contributed by atoms with Gasteiger partial charge in [0, 0.05) is 19.3 Å². The summed E-state index contributed by atoms with van der Waals surface area (Å²) in [7, 11) is 0. The van der Waals surface area contributed by atoms with Crippen molar-refractivity contribution in [1.82, 2.24) is 0 Å². The minimum absolute atomic E-state index is 0.253. The molecule has 1 saturated heterocycles. The molecule has 18 heavy (non-hydrogen) atoms. The molecule has 3 heteroatoms. The van der Waals surface area contributed by atoms with Crippen LogP contribution in [0.3, 0.4) is 0 Å². The molecular formula is C15H21FO2. The van der Waals surface area contributed by atoms with Crippen molar-refractivity contribution < 1.29 is 13.9 Å². The van der Waals surface area contributed by atoms with Gasteiger partial charge in [-0.3, -0.25) is 0 Å². The highest BCUT2D eigenvalue weighted by atomic mass is 19.1. The SMILES string of the molecule is FC1C=CC(CC2CCC3(CC2)OCCO3)=CC1. The summed E-state index contributed by atoms with van der Waals surface area (Å²) in [6, 6.07) is 0. The smallest absolute Gasteiger partial charge is 0.168 e. The van der Waals surface area contributed by atoms with Gasteiger partial charge in [-0.05, 0) is 25.2 Å². The minimum atomic E-state index is -0.774. The Morgan fingerprint density at radius 3 is 2.56 bits per heavy atom. The van der Waals surface area contributed by atoms with Crippen LogP contribution < -0.4 is 0 Å². The molecule has 1 spiro atoms. The van der Waals surface area contributed by atoms with Crippen molar-refractivity contribution >= 4 is 0 Å². The maximum Gasteiger partial charge on any atom is 0.168 e. The highest BCUT2D eigenvalue weighted by Gasteiger charge is 2.40. The lowest BCUT2D eigenvalue weighted by Gasteiger charge is -2.35. The van der Waals surface area contributed by atoms with E-state index >= 15 is 0 Å². The Labute approximate surface area is 108 Å². The quantitative estimate of drug-likeness (QED) is 0.748. The average molecular weight is 252 g/mol. The first-order chi connectivity index (χ1) is 8.76. The number of alkyl halides is 1. The van der Waals surface area contributed by atoms with Gasteiger partial charge in [-0.15, -0.1) is 0 Å². The maximum absolute atomic E-state index is 13.0. The second-order valence-corrected chi connectivity index (χ2v) is 5.64. The summed E-state index contributed by atoms with van der Waals surface area (Å²) in [5, 5.41) is 0. The van der Waals surface area contributed by atoms with Crippen LogP contribution in [0.1, 0.15) is 38.5 Å². The zero-order valence-corrected chi connectivity index (χ0v) is 10.7. The van der Waals surface area contributed by atoms with Crippen LogP contribution in [-0.4, -0.2) is 25.2 Å². The van der Waals surface area contributed by atoms with E-state index in [9.17, 15) is 4.39 Å². The normalized spacial score (nSPS) is 31.8. The largest absolute Gasteiger partial charge is 0.348 e. The van der Waals surface area contributed by atoms with Gasteiger partial charge in [-0.1, -0.05) is 23.8 Å². The van der Waals surface area contributed by atoms with E-state index in [1.165, 1.54) is 5.57 Å². The molecule has 3 aliphatic rings. The molecule has 0 aromatic carbocycles. The standard InChI is InChI=1S/C15H21FO2/c16-14-3-1-12(2-4-14)11-13-5-7-15(8-6-13)17-9-10-18-15/h1-3,13-14H,4-11H2. The summed E-state index contributed by atoms with van der Waals surface area (Å²) < 4.78 is 24.4. The molecule has 2 fully saturated rings. The van der Waals surface area contributed by atoms with Crippen molar-refractivity contribution in [2.45, 2.75) is 50.5 Å². The molecule has 0 aromatic rings. The molecule has 0 N–H and O–H groups in total. The van der Waals surface area contributed by atoms with E-state index in [0.29, 0.717) is 12.3 Å². The van der Waals surface area contributed by atoms with Crippen molar-refractivity contribution in [3.63, 3.8) is 0 Å². The first-order valence-corrected chi connectivity index (χ1v) is 7.05. The summed E-state index contributed by atoms with van der Waals surface area (Å²) in [6.45, 7) is 1.49. The highest BCUT2D eigenvalue weighted by molar-refractivity contribution is 5.24. The zero-order chi connectivity index (χ0) is 12.4. The molecule has 0 aromatic heterocycles. The maximum atomic E-state index is 13.0. The lowest BCUT2D eigenvalue weighted by atomic mass is 9.81. The first kappa shape index (κ1) is 12.4. The predicted molar refractivity (Wildman–Crippen MR) is 67.9 cm³/mol. The fourth-order valence-corrected chi connectivity index (χ4v) is 3.23. The van der Waals surface area contributed by atoms with Gasteiger partial charge in [0.25, 0.3) is 0 Å². The summed E-state index contributed by atoms with van der Waals surface area (Å²) in [5.41, 5.74) is 1.30. The Morgan fingerprint density at radius 1 is 1.22 bits per heavy atom. The number of allylic oxidation sites excluding steroid dienone is 4. The number of rotatable bonds is 2. The molecule has 0 radical (unpaired) electrons. The van der Waals surface area contributed by atoms with Crippen LogP contribution in [0.15, 0.2) is 23.8 Å². The van der Waals surface area contributed by atoms with Gasteiger partial charge < -0.3 is 9.47 Å². The van der Waals surface area contributed by atoms with Crippen molar-refractivity contribution in [3.8, 4) is 0 Å². The summed E-state index contributed by atoms with van der Waals surface area (Å²) >= 11 is 0. The second-order valence-electron chi connectivity index (χ2n) is 5.64. The molecule has 3 rings (SSSR count). The number of ether oxygens (including phenoxy) is 2. The first-order valence-electron chi connectivity index (χ1n) is 7.05. The highest BCUT2D eigenvalue weighted by Crippen LogP contribution is 2.40. The third kappa shape index (κ3) is 2.67. The third-order valence-corrected chi connectivity index (χ3v) is 4.33. The molecule has 1 atom stereocenters. The number of hydrogen-bond acceptors (Lipinski definition) is 2. The fraction of sp³-hybridized carbons (Fsp3) is 0.733. The zero-order valence-electron chi connectivity index (χ0n) is 10.7. The van der Waals surface area contributed by atoms with E-state index in [-0.39, 0.29) is 5.79 Å². The van der Waals surface area contributed by atoms with Crippen LogP contribution >= 0.6 is 0 Å². The van der Waals surface area contributed by atoms with Crippen molar-refractivity contribution in [3.05, 3.63) is 23.8 Å².